The standard InChI is InChI=1S/C27H22N2O4S3/c1-15-4-2-3-5-17(15)14-33-26(32)28-23-19(29-36-24(23)16-6-7-16)9-8-18-12-20-21(34-18)13-22(35-20)27(10-11-27)25(30)31/h2-5,12-13,16H,6-7,10-11,14H2,1H3,(H,28,32)(H,30,31). The normalized spacial score (nSPS) is 15.8. The first-order valence-electron chi connectivity index (χ1n) is 11.7. The van der Waals surface area contributed by atoms with Gasteiger partial charge < -0.3 is 9.84 Å². The van der Waals surface area contributed by atoms with Gasteiger partial charge in [-0.15, -0.1) is 22.7 Å². The number of hydrogen-bond acceptors (Lipinski definition) is 7. The average molecular weight is 535 g/mol. The monoisotopic (exact) mass is 534 g/mol. The van der Waals surface area contributed by atoms with Crippen LogP contribution in [-0.4, -0.2) is 21.5 Å². The van der Waals surface area contributed by atoms with Crippen LogP contribution < -0.4 is 5.32 Å². The minimum atomic E-state index is -0.733. The quantitative estimate of drug-likeness (QED) is 0.264. The van der Waals surface area contributed by atoms with E-state index < -0.39 is 17.5 Å². The van der Waals surface area contributed by atoms with Crippen LogP contribution in [0.25, 0.3) is 9.40 Å². The number of nitrogens with zero attached hydrogens (tertiary/aromatic N) is 1. The maximum Gasteiger partial charge on any atom is 0.412 e. The second kappa shape index (κ2) is 9.04. The van der Waals surface area contributed by atoms with E-state index in [4.69, 9.17) is 4.74 Å². The highest BCUT2D eigenvalue weighted by atomic mass is 32.1. The van der Waals surface area contributed by atoms with E-state index in [9.17, 15) is 14.7 Å². The molecule has 0 saturated heterocycles. The molecule has 9 heteroatoms. The summed E-state index contributed by atoms with van der Waals surface area (Å²) in [6.45, 7) is 2.19. The van der Waals surface area contributed by atoms with Gasteiger partial charge in [-0.05, 0) is 85.2 Å². The van der Waals surface area contributed by atoms with Crippen molar-refractivity contribution in [2.24, 2.45) is 0 Å². The number of fused-ring (bicyclic) bond motifs is 1. The van der Waals surface area contributed by atoms with Gasteiger partial charge in [-0.25, -0.2) is 4.79 Å². The van der Waals surface area contributed by atoms with Crippen molar-refractivity contribution >= 4 is 61.4 Å². The molecule has 3 aromatic heterocycles. The fraction of sp³-hybridized carbons (Fsp3) is 0.296. The molecule has 2 aliphatic carbocycles. The number of thiophene rings is 2. The van der Waals surface area contributed by atoms with Gasteiger partial charge in [0.1, 0.15) is 12.0 Å². The predicted molar refractivity (Wildman–Crippen MR) is 143 cm³/mol. The molecule has 36 heavy (non-hydrogen) atoms. The Bertz CT molecular complexity index is 1530. The number of rotatable bonds is 6. The largest absolute Gasteiger partial charge is 0.481 e. The summed E-state index contributed by atoms with van der Waals surface area (Å²) in [4.78, 5) is 27.1. The first-order valence-corrected chi connectivity index (χ1v) is 14.1. The van der Waals surface area contributed by atoms with Gasteiger partial charge in [0.05, 0.1) is 15.4 Å². The number of anilines is 1. The Morgan fingerprint density at radius 3 is 2.64 bits per heavy atom. The number of carbonyl (C=O) groups is 2. The van der Waals surface area contributed by atoms with Crippen LogP contribution in [0.2, 0.25) is 0 Å². The summed E-state index contributed by atoms with van der Waals surface area (Å²) >= 11 is 4.49. The number of nitrogens with one attached hydrogen (secondary N) is 1. The summed E-state index contributed by atoms with van der Waals surface area (Å²) in [5.74, 6) is 6.03. The summed E-state index contributed by atoms with van der Waals surface area (Å²) in [7, 11) is 0. The van der Waals surface area contributed by atoms with Crippen LogP contribution in [0.5, 0.6) is 0 Å². The molecule has 1 amide bonds. The molecule has 0 radical (unpaired) electrons. The summed E-state index contributed by atoms with van der Waals surface area (Å²) < 4.78 is 12.1. The maximum atomic E-state index is 12.6. The molecule has 2 N–H and O–H groups in total. The number of carbonyl (C=O) groups excluding carboxylic acids is 1. The number of amides is 1. The van der Waals surface area contributed by atoms with E-state index in [-0.39, 0.29) is 6.61 Å². The molecule has 0 aliphatic heterocycles. The molecule has 182 valence electrons. The lowest BCUT2D eigenvalue weighted by Gasteiger charge is -2.09. The van der Waals surface area contributed by atoms with E-state index in [1.165, 1.54) is 11.5 Å². The zero-order valence-electron chi connectivity index (χ0n) is 19.4. The highest BCUT2D eigenvalue weighted by Crippen LogP contribution is 2.52. The van der Waals surface area contributed by atoms with Crippen LogP contribution in [0.15, 0.2) is 36.4 Å². The van der Waals surface area contributed by atoms with Crippen LogP contribution in [-0.2, 0) is 21.6 Å². The van der Waals surface area contributed by atoms with Crippen molar-refractivity contribution in [3.05, 3.63) is 67.9 Å². The molecule has 2 saturated carbocycles. The van der Waals surface area contributed by atoms with E-state index in [2.05, 4.69) is 21.5 Å². The molecule has 6 rings (SSSR count). The lowest BCUT2D eigenvalue weighted by Crippen LogP contribution is -2.17. The smallest absolute Gasteiger partial charge is 0.412 e. The third-order valence-corrected chi connectivity index (χ3v) is 10.1. The van der Waals surface area contributed by atoms with Crippen molar-refractivity contribution in [3.8, 4) is 11.8 Å². The Kier molecular flexibility index (Phi) is 5.83. The van der Waals surface area contributed by atoms with Crippen LogP contribution in [0, 0.1) is 18.8 Å². The number of carboxylic acids is 1. The van der Waals surface area contributed by atoms with E-state index in [0.29, 0.717) is 30.1 Å². The van der Waals surface area contributed by atoms with Gasteiger partial charge in [-0.1, -0.05) is 24.3 Å². The van der Waals surface area contributed by atoms with Crippen LogP contribution >= 0.6 is 34.2 Å². The topological polar surface area (TPSA) is 88.5 Å². The summed E-state index contributed by atoms with van der Waals surface area (Å²) in [5, 5.41) is 12.5. The Labute approximate surface area is 220 Å². The van der Waals surface area contributed by atoms with E-state index in [1.54, 1.807) is 22.7 Å². The lowest BCUT2D eigenvalue weighted by molar-refractivity contribution is -0.139. The van der Waals surface area contributed by atoms with Gasteiger partial charge in [0, 0.05) is 14.3 Å². The predicted octanol–water partition coefficient (Wildman–Crippen LogP) is 6.87. The van der Waals surface area contributed by atoms with Gasteiger partial charge in [0.15, 0.2) is 5.69 Å². The van der Waals surface area contributed by atoms with Crippen molar-refractivity contribution in [1.82, 2.24) is 4.37 Å². The van der Waals surface area contributed by atoms with Crippen molar-refractivity contribution in [3.63, 3.8) is 0 Å². The highest BCUT2D eigenvalue weighted by molar-refractivity contribution is 7.28. The van der Waals surface area contributed by atoms with Crippen molar-refractivity contribution < 1.29 is 19.4 Å². The number of aromatic nitrogens is 1. The molecule has 1 aromatic carbocycles. The third kappa shape index (κ3) is 4.41. The van der Waals surface area contributed by atoms with Gasteiger partial charge in [0.2, 0.25) is 0 Å². The average Bonchev–Trinajstić information content (AvgIpc) is 3.75. The molecule has 0 spiro atoms. The fourth-order valence-electron chi connectivity index (χ4n) is 4.13. The molecular formula is C27H22N2O4S3. The highest BCUT2D eigenvalue weighted by Gasteiger charge is 2.53. The second-order valence-electron chi connectivity index (χ2n) is 9.26. The molecule has 3 heterocycles. The first-order chi connectivity index (χ1) is 17.4. The minimum Gasteiger partial charge on any atom is -0.481 e. The van der Waals surface area contributed by atoms with Gasteiger partial charge in [-0.2, -0.15) is 4.37 Å². The van der Waals surface area contributed by atoms with Crippen molar-refractivity contribution in [1.29, 1.82) is 0 Å². The Balaban J connectivity index is 1.20. The number of aryl methyl sites for hydroxylation is 1. The minimum absolute atomic E-state index is 0.201. The second-order valence-corrected chi connectivity index (χ2v) is 12.2. The summed E-state index contributed by atoms with van der Waals surface area (Å²) in [6.07, 6.45) is 3.07. The first kappa shape index (κ1) is 23.2. The third-order valence-electron chi connectivity index (χ3n) is 6.66. The molecule has 0 atom stereocenters. The Hall–Kier alpha value is -3.19. The lowest BCUT2D eigenvalue weighted by atomic mass is 10.1. The van der Waals surface area contributed by atoms with Crippen LogP contribution in [0.1, 0.15) is 63.1 Å². The van der Waals surface area contributed by atoms with Gasteiger partial charge in [0.25, 0.3) is 0 Å². The Morgan fingerprint density at radius 1 is 1.17 bits per heavy atom. The fourth-order valence-corrected chi connectivity index (χ4v) is 7.57. The molecule has 6 nitrogen and oxygen atoms in total. The van der Waals surface area contributed by atoms with E-state index in [0.717, 1.165) is 48.0 Å². The molecule has 2 fully saturated rings. The molecule has 4 aromatic rings. The summed E-state index contributed by atoms with van der Waals surface area (Å²) in [5.41, 5.74) is 2.57. The van der Waals surface area contributed by atoms with Crippen molar-refractivity contribution in [2.45, 2.75) is 50.5 Å². The van der Waals surface area contributed by atoms with Crippen LogP contribution in [0.3, 0.4) is 0 Å². The molecule has 0 unspecified atom stereocenters. The van der Waals surface area contributed by atoms with Gasteiger partial charge in [-0.3, -0.25) is 10.1 Å². The number of aliphatic carboxylic acids is 1. The molecular weight excluding hydrogens is 513 g/mol. The molecule has 0 bridgehead atoms. The SMILES string of the molecule is Cc1ccccc1COC(=O)Nc1c(C#Cc2cc3sc(C4(C(=O)O)CC4)cc3s2)nsc1C1CC1. The van der Waals surface area contributed by atoms with Crippen molar-refractivity contribution in [2.75, 3.05) is 5.32 Å². The molecule has 2 aliphatic rings. The van der Waals surface area contributed by atoms with E-state index in [1.807, 2.05) is 43.3 Å². The number of carboxylic acid groups (broad SMARTS) is 1. The van der Waals surface area contributed by atoms with Crippen LogP contribution in [0.4, 0.5) is 10.5 Å². The zero-order chi connectivity index (χ0) is 24.9. The Morgan fingerprint density at radius 2 is 1.94 bits per heavy atom. The maximum absolute atomic E-state index is 12.6. The van der Waals surface area contributed by atoms with Gasteiger partial charge >= 0.3 is 12.1 Å². The summed E-state index contributed by atoms with van der Waals surface area (Å²) in [6, 6.07) is 11.8. The number of ether oxygens (including phenoxy) is 1. The zero-order valence-corrected chi connectivity index (χ0v) is 21.9. The number of hydrogen-bond donors (Lipinski definition) is 2. The number of benzene rings is 1. The van der Waals surface area contributed by atoms with E-state index >= 15 is 0 Å².